The van der Waals surface area contributed by atoms with E-state index in [1.807, 2.05) is 0 Å². The molecule has 0 aromatic rings. The molecule has 0 heterocycles. The fraction of sp³-hybridized carbons (Fsp3) is 0. The van der Waals surface area contributed by atoms with Crippen molar-refractivity contribution in [2.75, 3.05) is 0 Å². The summed E-state index contributed by atoms with van der Waals surface area (Å²) < 4.78 is 0. The Hall–Kier alpha value is 3.80. The Kier molecular flexibility index (Phi) is 539. The second kappa shape index (κ2) is 52.5. The van der Waals surface area contributed by atoms with Gasteiger partial charge in [0.15, 0.2) is 0 Å². The molecule has 0 saturated carbocycles. The molecule has 0 unspecified atom stereocenters. The van der Waals surface area contributed by atoms with Gasteiger partial charge in [-0.15, -0.1) is 0 Å². The Bertz CT molecular complexity index is 8.04. The van der Waals surface area contributed by atoms with Crippen LogP contribution >= 0.6 is 0 Å². The molecule has 0 aromatic carbocycles. The molecule has 7 heavy (non-hydrogen) atoms. The van der Waals surface area contributed by atoms with Crippen LogP contribution in [0, 0.1) is 0 Å². The van der Waals surface area contributed by atoms with E-state index < -0.39 is 0 Å². The van der Waals surface area contributed by atoms with Crippen LogP contribution in [0.1, 0.15) is 0 Å². The number of rotatable bonds is 0. The van der Waals surface area contributed by atoms with Gasteiger partial charge < -0.3 is 62.0 Å². The Labute approximate surface area is 132 Å². The van der Waals surface area contributed by atoms with Crippen molar-refractivity contribution < 1.29 is 135 Å². The monoisotopic (exact) mass is 262 g/mol. The zero-order chi connectivity index (χ0) is 0. The Balaban J connectivity index is 0. The van der Waals surface area contributed by atoms with E-state index in [1.165, 1.54) is 0 Å². The molecule has 0 N–H and O–H groups in total. The zero-order valence-electron chi connectivity index (χ0n) is 3.39. The SMILES string of the molecule is [Cl-].[Cl-].[Cl-].[Cl-].[Cl-].[K+].[Ti+4]. The van der Waals surface area contributed by atoms with Crippen LogP contribution in [0.5, 0.6) is 0 Å². The first-order valence-electron chi connectivity index (χ1n) is 0. The molecule has 0 rings (SSSR count). The average Bonchev–Trinajstić information content (AvgIpc) is 0. The minimum absolute atomic E-state index is 0. The predicted molar refractivity (Wildman–Crippen MR) is 0 cm³/mol. The number of hydrogen-bond donors (Lipinski definition) is 0. The molecule has 0 aliphatic rings. The third-order valence-electron chi connectivity index (χ3n) is 0. The van der Waals surface area contributed by atoms with Crippen LogP contribution in [0.3, 0.4) is 0 Å². The Morgan fingerprint density at radius 1 is 0.429 bits per heavy atom. The largest absolute Gasteiger partial charge is 4.00 e. The van der Waals surface area contributed by atoms with Gasteiger partial charge in [-0.1, -0.05) is 0 Å². The molecule has 0 aromatic heterocycles. The Morgan fingerprint density at radius 3 is 0.429 bits per heavy atom. The molecular formula is Cl5KTi. The fourth-order valence-corrected chi connectivity index (χ4v) is 0. The van der Waals surface area contributed by atoms with Gasteiger partial charge in [-0.2, -0.15) is 0 Å². The van der Waals surface area contributed by atoms with Crippen molar-refractivity contribution in [3.05, 3.63) is 0 Å². The van der Waals surface area contributed by atoms with Crippen molar-refractivity contribution in [3.63, 3.8) is 0 Å². The Morgan fingerprint density at radius 2 is 0.429 bits per heavy atom. The molecule has 0 bridgehead atoms. The fourth-order valence-electron chi connectivity index (χ4n) is 0. The van der Waals surface area contributed by atoms with Crippen molar-refractivity contribution in [2.45, 2.75) is 0 Å². The van der Waals surface area contributed by atoms with Gasteiger partial charge in [0, 0.05) is 0 Å². The minimum atomic E-state index is 0. The maximum atomic E-state index is 0. The summed E-state index contributed by atoms with van der Waals surface area (Å²) in [7, 11) is 0. The van der Waals surface area contributed by atoms with Crippen LogP contribution in [-0.4, -0.2) is 0 Å². The molecule has 7 heteroatoms. The summed E-state index contributed by atoms with van der Waals surface area (Å²) in [5.74, 6) is 0. The molecule has 0 spiro atoms. The topological polar surface area (TPSA) is 0 Å². The molecule has 40 valence electrons. The maximum Gasteiger partial charge on any atom is 4.00 e. The molecule has 0 aliphatic heterocycles. The summed E-state index contributed by atoms with van der Waals surface area (Å²) in [5.41, 5.74) is 0. The van der Waals surface area contributed by atoms with Gasteiger partial charge in [0.2, 0.25) is 0 Å². The van der Waals surface area contributed by atoms with Gasteiger partial charge in [-0.25, -0.2) is 0 Å². The first kappa shape index (κ1) is 71.8. The molecule has 0 saturated heterocycles. The van der Waals surface area contributed by atoms with E-state index in [2.05, 4.69) is 0 Å². The van der Waals surface area contributed by atoms with Crippen molar-refractivity contribution in [1.29, 1.82) is 0 Å². The number of hydrogen-bond acceptors (Lipinski definition) is 0. The molecule has 0 fully saturated rings. The maximum absolute atomic E-state index is 0. The van der Waals surface area contributed by atoms with Gasteiger partial charge in [-0.05, 0) is 0 Å². The van der Waals surface area contributed by atoms with Crippen molar-refractivity contribution in [3.8, 4) is 0 Å². The summed E-state index contributed by atoms with van der Waals surface area (Å²) in [5, 5.41) is 0. The average molecular weight is 264 g/mol. The van der Waals surface area contributed by atoms with E-state index in [9.17, 15) is 0 Å². The predicted octanol–water partition coefficient (Wildman–Crippen LogP) is -18.0. The van der Waals surface area contributed by atoms with E-state index in [4.69, 9.17) is 0 Å². The van der Waals surface area contributed by atoms with Gasteiger partial charge in [-0.3, -0.25) is 0 Å². The smallest absolute Gasteiger partial charge is 1.00 e. The quantitative estimate of drug-likeness (QED) is 0.381. The van der Waals surface area contributed by atoms with Gasteiger partial charge in [0.1, 0.15) is 0 Å². The summed E-state index contributed by atoms with van der Waals surface area (Å²) >= 11 is 0. The van der Waals surface area contributed by atoms with Gasteiger partial charge in [0.25, 0.3) is 0 Å². The van der Waals surface area contributed by atoms with Crippen LogP contribution in [0.4, 0.5) is 0 Å². The molecule has 0 radical (unpaired) electrons. The van der Waals surface area contributed by atoms with E-state index in [0.717, 1.165) is 0 Å². The molecule has 0 aliphatic carbocycles. The minimum Gasteiger partial charge on any atom is -1.00 e. The zero-order valence-corrected chi connectivity index (χ0v) is 11.9. The first-order valence-corrected chi connectivity index (χ1v) is 0. The summed E-state index contributed by atoms with van der Waals surface area (Å²) in [6.45, 7) is 0. The molecule has 0 amide bonds. The summed E-state index contributed by atoms with van der Waals surface area (Å²) in [6.07, 6.45) is 0. The molecule has 0 nitrogen and oxygen atoms in total. The third-order valence-corrected chi connectivity index (χ3v) is 0. The summed E-state index contributed by atoms with van der Waals surface area (Å²) in [6, 6.07) is 0. The van der Waals surface area contributed by atoms with Crippen LogP contribution in [0.25, 0.3) is 0 Å². The second-order valence-corrected chi connectivity index (χ2v) is 0. The van der Waals surface area contributed by atoms with Crippen molar-refractivity contribution >= 4 is 0 Å². The second-order valence-electron chi connectivity index (χ2n) is 0. The number of halogens is 5. The normalized spacial score (nSPS) is 0. The van der Waals surface area contributed by atoms with Crippen molar-refractivity contribution in [1.82, 2.24) is 0 Å². The van der Waals surface area contributed by atoms with E-state index in [1.54, 1.807) is 0 Å². The van der Waals surface area contributed by atoms with Crippen molar-refractivity contribution in [2.24, 2.45) is 0 Å². The van der Waals surface area contributed by atoms with Gasteiger partial charge >= 0.3 is 73.1 Å². The van der Waals surface area contributed by atoms with Crippen LogP contribution in [0.15, 0.2) is 0 Å². The molecule has 0 atom stereocenters. The van der Waals surface area contributed by atoms with Crippen LogP contribution in [-0.2, 0) is 21.7 Å². The van der Waals surface area contributed by atoms with Crippen LogP contribution < -0.4 is 113 Å². The first-order chi connectivity index (χ1) is 0. The standard InChI is InChI=1S/5ClH.K.Ti/h5*1H;;/q;;;;;+1;+4/p-5. The van der Waals surface area contributed by atoms with Gasteiger partial charge in [0.05, 0.1) is 0 Å². The third kappa shape index (κ3) is 41.3. The van der Waals surface area contributed by atoms with E-state index >= 15 is 0 Å². The van der Waals surface area contributed by atoms with Crippen LogP contribution in [0.2, 0.25) is 0 Å². The summed E-state index contributed by atoms with van der Waals surface area (Å²) in [4.78, 5) is 0. The molecular weight excluding hydrogens is 264 g/mol. The van der Waals surface area contributed by atoms with E-state index in [-0.39, 0.29) is 135 Å². The van der Waals surface area contributed by atoms with E-state index in [0.29, 0.717) is 0 Å².